The molecule has 0 atom stereocenters. The van der Waals surface area contributed by atoms with Gasteiger partial charge in [-0.25, -0.2) is 0 Å². The van der Waals surface area contributed by atoms with Crippen molar-refractivity contribution in [1.82, 2.24) is 0 Å². The molecule has 0 aromatic heterocycles. The molecule has 1 nitrogen and oxygen atoms in total. The fourth-order valence-corrected chi connectivity index (χ4v) is 0.792. The SMILES string of the molecule is C[C](Oc1ccccc1)C(C)C. The summed E-state index contributed by atoms with van der Waals surface area (Å²) in [4.78, 5) is 0. The molecule has 0 aliphatic carbocycles. The second-order valence-electron chi connectivity index (χ2n) is 3.18. The van der Waals surface area contributed by atoms with Crippen molar-refractivity contribution in [2.24, 2.45) is 5.92 Å². The summed E-state index contributed by atoms with van der Waals surface area (Å²) in [5.41, 5.74) is 0. The van der Waals surface area contributed by atoms with Gasteiger partial charge in [-0.1, -0.05) is 32.0 Å². The number of para-hydroxylation sites is 1. The molecule has 1 heteroatoms. The maximum atomic E-state index is 5.59. The highest BCUT2D eigenvalue weighted by Gasteiger charge is 2.09. The van der Waals surface area contributed by atoms with Gasteiger partial charge in [0.1, 0.15) is 11.9 Å². The fraction of sp³-hybridized carbons (Fsp3) is 0.364. The van der Waals surface area contributed by atoms with Crippen LogP contribution in [0, 0.1) is 12.0 Å². The summed E-state index contributed by atoms with van der Waals surface area (Å²) < 4.78 is 5.59. The van der Waals surface area contributed by atoms with Crippen molar-refractivity contribution < 1.29 is 4.74 Å². The molecule has 0 heterocycles. The molecule has 0 bridgehead atoms. The predicted molar refractivity (Wildman–Crippen MR) is 50.8 cm³/mol. The Labute approximate surface area is 74.4 Å². The summed E-state index contributed by atoms with van der Waals surface area (Å²) in [5.74, 6) is 1.40. The van der Waals surface area contributed by atoms with Gasteiger partial charge in [-0.2, -0.15) is 0 Å². The number of benzene rings is 1. The van der Waals surface area contributed by atoms with Gasteiger partial charge >= 0.3 is 0 Å². The Morgan fingerprint density at radius 1 is 1.17 bits per heavy atom. The second-order valence-corrected chi connectivity index (χ2v) is 3.18. The first kappa shape index (κ1) is 9.11. The molecule has 0 spiro atoms. The first-order valence-electron chi connectivity index (χ1n) is 4.26. The van der Waals surface area contributed by atoms with Gasteiger partial charge in [-0.05, 0) is 25.0 Å². The highest BCUT2D eigenvalue weighted by atomic mass is 16.5. The average Bonchev–Trinajstić information content (AvgIpc) is 2.06. The minimum absolute atomic E-state index is 0.477. The van der Waals surface area contributed by atoms with Crippen LogP contribution in [-0.2, 0) is 0 Å². The first-order chi connectivity index (χ1) is 5.70. The topological polar surface area (TPSA) is 9.23 Å². The van der Waals surface area contributed by atoms with Gasteiger partial charge in [0.25, 0.3) is 0 Å². The quantitative estimate of drug-likeness (QED) is 0.664. The van der Waals surface area contributed by atoms with Crippen LogP contribution in [0.4, 0.5) is 0 Å². The van der Waals surface area contributed by atoms with Gasteiger partial charge in [0.2, 0.25) is 0 Å². The summed E-state index contributed by atoms with van der Waals surface area (Å²) in [5, 5.41) is 0. The molecule has 1 aromatic rings. The van der Waals surface area contributed by atoms with Crippen LogP contribution in [0.25, 0.3) is 0 Å². The zero-order valence-corrected chi connectivity index (χ0v) is 7.87. The van der Waals surface area contributed by atoms with Gasteiger partial charge in [0.05, 0.1) is 0 Å². The minimum atomic E-state index is 0.477. The van der Waals surface area contributed by atoms with E-state index >= 15 is 0 Å². The van der Waals surface area contributed by atoms with E-state index in [1.54, 1.807) is 0 Å². The zero-order valence-electron chi connectivity index (χ0n) is 7.87. The van der Waals surface area contributed by atoms with Crippen LogP contribution in [0.2, 0.25) is 0 Å². The summed E-state index contributed by atoms with van der Waals surface area (Å²) in [6.07, 6.45) is 1.06. The number of rotatable bonds is 3. The summed E-state index contributed by atoms with van der Waals surface area (Å²) in [6, 6.07) is 9.86. The van der Waals surface area contributed by atoms with Crippen molar-refractivity contribution in [1.29, 1.82) is 0 Å². The normalized spacial score (nSPS) is 10.8. The highest BCUT2D eigenvalue weighted by Crippen LogP contribution is 2.19. The standard InChI is InChI=1S/C11H15O/c1-9(2)10(3)12-11-7-5-4-6-8-11/h4-9H,1-3H3. The minimum Gasteiger partial charge on any atom is -0.483 e. The van der Waals surface area contributed by atoms with E-state index in [4.69, 9.17) is 4.74 Å². The number of hydrogen-bond acceptors (Lipinski definition) is 1. The second kappa shape index (κ2) is 4.15. The van der Waals surface area contributed by atoms with Crippen LogP contribution in [0.1, 0.15) is 20.8 Å². The lowest BCUT2D eigenvalue weighted by molar-refractivity contribution is 0.279. The third-order valence-electron chi connectivity index (χ3n) is 1.84. The van der Waals surface area contributed by atoms with Crippen molar-refractivity contribution in [2.45, 2.75) is 20.8 Å². The Morgan fingerprint density at radius 2 is 1.75 bits per heavy atom. The Hall–Kier alpha value is -0.980. The molecule has 1 aromatic carbocycles. The Bertz CT molecular complexity index is 216. The summed E-state index contributed by atoms with van der Waals surface area (Å²) in [6.45, 7) is 6.26. The Kier molecular flexibility index (Phi) is 3.15. The van der Waals surface area contributed by atoms with Gasteiger partial charge < -0.3 is 4.74 Å². The molecular formula is C11H15O. The molecule has 1 rings (SSSR count). The maximum absolute atomic E-state index is 5.59. The van der Waals surface area contributed by atoms with E-state index < -0.39 is 0 Å². The van der Waals surface area contributed by atoms with Crippen LogP contribution in [0.5, 0.6) is 5.75 Å². The van der Waals surface area contributed by atoms with Crippen molar-refractivity contribution in [3.63, 3.8) is 0 Å². The first-order valence-corrected chi connectivity index (χ1v) is 4.26. The van der Waals surface area contributed by atoms with Crippen LogP contribution in [0.3, 0.4) is 0 Å². The molecule has 65 valence electrons. The van der Waals surface area contributed by atoms with Gasteiger partial charge in [0.15, 0.2) is 0 Å². The lowest BCUT2D eigenvalue weighted by Crippen LogP contribution is -2.08. The van der Waals surface area contributed by atoms with Gasteiger partial charge in [-0.3, -0.25) is 0 Å². The highest BCUT2D eigenvalue weighted by molar-refractivity contribution is 5.22. The van der Waals surface area contributed by atoms with Gasteiger partial charge in [-0.15, -0.1) is 0 Å². The van der Waals surface area contributed by atoms with Crippen molar-refractivity contribution in [3.05, 3.63) is 36.4 Å². The van der Waals surface area contributed by atoms with E-state index in [1.807, 2.05) is 37.3 Å². The molecule has 0 saturated carbocycles. The van der Waals surface area contributed by atoms with Crippen LogP contribution in [0.15, 0.2) is 30.3 Å². The molecular weight excluding hydrogens is 148 g/mol. The molecule has 0 N–H and O–H groups in total. The summed E-state index contributed by atoms with van der Waals surface area (Å²) >= 11 is 0. The molecule has 0 amide bonds. The van der Waals surface area contributed by atoms with Crippen molar-refractivity contribution in [3.8, 4) is 5.75 Å². The molecule has 0 unspecified atom stereocenters. The van der Waals surface area contributed by atoms with E-state index in [0.717, 1.165) is 11.9 Å². The molecule has 0 saturated heterocycles. The molecule has 0 aliphatic rings. The molecule has 0 fully saturated rings. The number of ether oxygens (including phenoxy) is 1. The van der Waals surface area contributed by atoms with Crippen molar-refractivity contribution >= 4 is 0 Å². The Morgan fingerprint density at radius 3 is 2.25 bits per heavy atom. The largest absolute Gasteiger partial charge is 0.483 e. The zero-order chi connectivity index (χ0) is 8.97. The smallest absolute Gasteiger partial charge is 0.148 e. The average molecular weight is 163 g/mol. The third kappa shape index (κ3) is 2.57. The molecule has 0 aliphatic heterocycles. The van der Waals surface area contributed by atoms with E-state index in [-0.39, 0.29) is 0 Å². The van der Waals surface area contributed by atoms with Crippen LogP contribution in [-0.4, -0.2) is 0 Å². The fourth-order valence-electron chi connectivity index (χ4n) is 0.792. The Balaban J connectivity index is 2.53. The van der Waals surface area contributed by atoms with Gasteiger partial charge in [0, 0.05) is 0 Å². The lowest BCUT2D eigenvalue weighted by Gasteiger charge is -2.15. The van der Waals surface area contributed by atoms with Crippen molar-refractivity contribution in [2.75, 3.05) is 0 Å². The predicted octanol–water partition coefficient (Wildman–Crippen LogP) is 3.27. The van der Waals surface area contributed by atoms with E-state index in [9.17, 15) is 0 Å². The van der Waals surface area contributed by atoms with E-state index in [2.05, 4.69) is 13.8 Å². The van der Waals surface area contributed by atoms with Crippen LogP contribution >= 0.6 is 0 Å². The third-order valence-corrected chi connectivity index (χ3v) is 1.84. The molecule has 1 radical (unpaired) electrons. The number of hydrogen-bond donors (Lipinski definition) is 0. The molecule has 12 heavy (non-hydrogen) atoms. The van der Waals surface area contributed by atoms with Crippen LogP contribution < -0.4 is 4.74 Å². The lowest BCUT2D eigenvalue weighted by atomic mass is 10.1. The summed E-state index contributed by atoms with van der Waals surface area (Å²) in [7, 11) is 0. The maximum Gasteiger partial charge on any atom is 0.148 e. The van der Waals surface area contributed by atoms with E-state index in [1.165, 1.54) is 0 Å². The van der Waals surface area contributed by atoms with E-state index in [0.29, 0.717) is 5.92 Å². The monoisotopic (exact) mass is 163 g/mol.